The van der Waals surface area contributed by atoms with Gasteiger partial charge in [-0.2, -0.15) is 8.42 Å². The number of aliphatic hydroxyl groups excluding tert-OH is 1. The summed E-state index contributed by atoms with van der Waals surface area (Å²) in [6.45, 7) is 1.77. The minimum atomic E-state index is -4.38. The molecule has 0 spiro atoms. The Hall–Kier alpha value is -2.41. The first-order chi connectivity index (χ1) is 12.3. The molecule has 0 radical (unpaired) electrons. The smallest absolute Gasteiger partial charge is 0.295 e. The van der Waals surface area contributed by atoms with Crippen molar-refractivity contribution in [3.05, 3.63) is 59.7 Å². The van der Waals surface area contributed by atoms with E-state index >= 15 is 0 Å². The fourth-order valence-electron chi connectivity index (χ4n) is 3.20. The Kier molecular flexibility index (Phi) is 5.00. The Bertz CT molecular complexity index is 1070. The maximum Gasteiger partial charge on any atom is 0.295 e. The van der Waals surface area contributed by atoms with Crippen LogP contribution in [0.1, 0.15) is 11.1 Å². The Morgan fingerprint density at radius 1 is 1.00 bits per heavy atom. The molecule has 6 heteroatoms. The molecular formula is C20H20O5S. The molecule has 0 aliphatic rings. The van der Waals surface area contributed by atoms with Crippen LogP contribution in [0.4, 0.5) is 0 Å². The molecule has 0 saturated heterocycles. The van der Waals surface area contributed by atoms with Gasteiger partial charge in [0.2, 0.25) is 0 Å². The van der Waals surface area contributed by atoms with Crippen molar-refractivity contribution in [1.29, 1.82) is 0 Å². The third-order valence-corrected chi connectivity index (χ3v) is 5.32. The number of methoxy groups -OCH3 is 1. The van der Waals surface area contributed by atoms with Crippen LogP contribution in [0, 0.1) is 6.92 Å². The summed E-state index contributed by atoms with van der Waals surface area (Å²) in [6.07, 6.45) is 0.346. The second-order valence-electron chi connectivity index (χ2n) is 6.13. The molecule has 0 fully saturated rings. The molecule has 0 aromatic heterocycles. The van der Waals surface area contributed by atoms with Gasteiger partial charge < -0.3 is 9.84 Å². The lowest BCUT2D eigenvalue weighted by atomic mass is 9.91. The zero-order valence-electron chi connectivity index (χ0n) is 14.6. The van der Waals surface area contributed by atoms with Gasteiger partial charge in [0.25, 0.3) is 10.1 Å². The van der Waals surface area contributed by atoms with E-state index < -0.39 is 10.1 Å². The van der Waals surface area contributed by atoms with Crippen molar-refractivity contribution >= 4 is 20.9 Å². The average molecular weight is 372 g/mol. The number of hydrogen-bond donors (Lipinski definition) is 2. The third kappa shape index (κ3) is 3.44. The molecule has 0 aliphatic carbocycles. The SMILES string of the molecule is COc1ccc2ccc(-c3cc(C)ccc3S(=O)(=O)O)c(CCO)c2c1. The topological polar surface area (TPSA) is 83.8 Å². The number of ether oxygens (including phenoxy) is 1. The van der Waals surface area contributed by atoms with E-state index in [1.54, 1.807) is 19.2 Å². The Morgan fingerprint density at radius 3 is 2.38 bits per heavy atom. The number of rotatable bonds is 5. The molecule has 0 aliphatic heterocycles. The maximum absolute atomic E-state index is 11.9. The van der Waals surface area contributed by atoms with Crippen LogP contribution < -0.4 is 4.74 Å². The number of aryl methyl sites for hydroxylation is 1. The van der Waals surface area contributed by atoms with Crippen molar-refractivity contribution in [2.45, 2.75) is 18.2 Å². The highest BCUT2D eigenvalue weighted by atomic mass is 32.2. The van der Waals surface area contributed by atoms with Crippen LogP contribution in [0.2, 0.25) is 0 Å². The first kappa shape index (κ1) is 18.4. The van der Waals surface area contributed by atoms with Gasteiger partial charge in [0.05, 0.1) is 7.11 Å². The Balaban J connectivity index is 2.39. The van der Waals surface area contributed by atoms with Crippen molar-refractivity contribution in [3.8, 4) is 16.9 Å². The maximum atomic E-state index is 11.9. The molecule has 0 saturated carbocycles. The molecule has 3 rings (SSSR count). The molecular weight excluding hydrogens is 352 g/mol. The quantitative estimate of drug-likeness (QED) is 0.669. The van der Waals surface area contributed by atoms with Gasteiger partial charge in [0, 0.05) is 12.2 Å². The van der Waals surface area contributed by atoms with E-state index in [0.29, 0.717) is 23.3 Å². The van der Waals surface area contributed by atoms with Crippen molar-refractivity contribution in [1.82, 2.24) is 0 Å². The van der Waals surface area contributed by atoms with E-state index in [1.165, 1.54) is 6.07 Å². The van der Waals surface area contributed by atoms with Crippen molar-refractivity contribution in [2.24, 2.45) is 0 Å². The van der Waals surface area contributed by atoms with E-state index in [4.69, 9.17) is 4.74 Å². The standard InChI is InChI=1S/C20H20O5S/c1-13-3-8-20(26(22,23)24)19(11-13)16-7-5-14-4-6-15(25-2)12-18(14)17(16)9-10-21/h3-8,11-12,21H,9-10H2,1-2H3,(H,22,23,24). The zero-order chi connectivity index (χ0) is 18.9. The summed E-state index contributed by atoms with van der Waals surface area (Å²) in [5.74, 6) is 0.674. The highest BCUT2D eigenvalue weighted by molar-refractivity contribution is 7.86. The lowest BCUT2D eigenvalue weighted by molar-refractivity contribution is 0.300. The number of hydrogen-bond acceptors (Lipinski definition) is 4. The van der Waals surface area contributed by atoms with Gasteiger partial charge in [-0.3, -0.25) is 4.55 Å². The highest BCUT2D eigenvalue weighted by Crippen LogP contribution is 2.36. The van der Waals surface area contributed by atoms with Crippen molar-refractivity contribution in [3.63, 3.8) is 0 Å². The van der Waals surface area contributed by atoms with Crippen LogP contribution in [-0.4, -0.2) is 31.8 Å². The summed E-state index contributed by atoms with van der Waals surface area (Å²) in [7, 11) is -2.81. The van der Waals surface area contributed by atoms with Crippen LogP contribution in [0.25, 0.3) is 21.9 Å². The Morgan fingerprint density at radius 2 is 1.73 bits per heavy atom. The normalized spacial score (nSPS) is 11.7. The van der Waals surface area contributed by atoms with Gasteiger partial charge in [-0.15, -0.1) is 0 Å². The molecule has 0 heterocycles. The largest absolute Gasteiger partial charge is 0.497 e. The van der Waals surface area contributed by atoms with Crippen LogP contribution in [-0.2, 0) is 16.5 Å². The van der Waals surface area contributed by atoms with Gasteiger partial charge in [-0.05, 0) is 53.4 Å². The summed E-state index contributed by atoms with van der Waals surface area (Å²) >= 11 is 0. The van der Waals surface area contributed by atoms with Crippen LogP contribution >= 0.6 is 0 Å². The van der Waals surface area contributed by atoms with Gasteiger partial charge in [-0.25, -0.2) is 0 Å². The summed E-state index contributed by atoms with van der Waals surface area (Å²) < 4.78 is 38.7. The van der Waals surface area contributed by atoms with E-state index in [-0.39, 0.29) is 11.5 Å². The zero-order valence-corrected chi connectivity index (χ0v) is 15.4. The minimum absolute atomic E-state index is 0.0870. The number of aliphatic hydroxyl groups is 1. The summed E-state index contributed by atoms with van der Waals surface area (Å²) in [5, 5.41) is 11.4. The molecule has 26 heavy (non-hydrogen) atoms. The second-order valence-corrected chi connectivity index (χ2v) is 7.52. The molecule has 0 amide bonds. The van der Waals surface area contributed by atoms with Crippen molar-refractivity contribution in [2.75, 3.05) is 13.7 Å². The molecule has 136 valence electrons. The number of fused-ring (bicyclic) bond motifs is 1. The van der Waals surface area contributed by atoms with Crippen LogP contribution in [0.3, 0.4) is 0 Å². The van der Waals surface area contributed by atoms with E-state index in [0.717, 1.165) is 21.9 Å². The molecule has 3 aromatic rings. The van der Waals surface area contributed by atoms with E-state index in [2.05, 4.69) is 0 Å². The summed E-state index contributed by atoms with van der Waals surface area (Å²) in [5.41, 5.74) is 2.75. The van der Waals surface area contributed by atoms with Gasteiger partial charge in [0.1, 0.15) is 10.6 Å². The molecule has 5 nitrogen and oxygen atoms in total. The molecule has 0 unspecified atom stereocenters. The van der Waals surface area contributed by atoms with Crippen LogP contribution in [0.5, 0.6) is 5.75 Å². The lowest BCUT2D eigenvalue weighted by Gasteiger charge is -2.16. The van der Waals surface area contributed by atoms with Gasteiger partial charge >= 0.3 is 0 Å². The predicted octanol–water partition coefficient (Wildman–Crippen LogP) is 3.61. The third-order valence-electron chi connectivity index (χ3n) is 4.41. The molecule has 0 atom stereocenters. The Labute approximate surface area is 152 Å². The fraction of sp³-hybridized carbons (Fsp3) is 0.200. The minimum Gasteiger partial charge on any atom is -0.497 e. The monoisotopic (exact) mass is 372 g/mol. The fourth-order valence-corrected chi connectivity index (χ4v) is 3.89. The second kappa shape index (κ2) is 7.07. The van der Waals surface area contributed by atoms with E-state index in [1.807, 2.05) is 37.3 Å². The summed E-state index contributed by atoms with van der Waals surface area (Å²) in [6, 6.07) is 14.1. The first-order valence-corrected chi connectivity index (χ1v) is 9.58. The van der Waals surface area contributed by atoms with Crippen molar-refractivity contribution < 1.29 is 22.8 Å². The molecule has 2 N–H and O–H groups in total. The van der Waals surface area contributed by atoms with Gasteiger partial charge in [0.15, 0.2) is 0 Å². The van der Waals surface area contributed by atoms with E-state index in [9.17, 15) is 18.1 Å². The molecule has 0 bridgehead atoms. The number of benzene rings is 3. The summed E-state index contributed by atoms with van der Waals surface area (Å²) in [4.78, 5) is -0.149. The lowest BCUT2D eigenvalue weighted by Crippen LogP contribution is -2.04. The van der Waals surface area contributed by atoms with Gasteiger partial charge in [-0.1, -0.05) is 35.9 Å². The molecule has 3 aromatic carbocycles. The predicted molar refractivity (Wildman–Crippen MR) is 101 cm³/mol. The van der Waals surface area contributed by atoms with Crippen LogP contribution in [0.15, 0.2) is 53.4 Å². The first-order valence-electron chi connectivity index (χ1n) is 8.14. The highest BCUT2D eigenvalue weighted by Gasteiger charge is 2.20. The average Bonchev–Trinajstić information content (AvgIpc) is 2.60.